The van der Waals surface area contributed by atoms with Gasteiger partial charge in [-0.15, -0.1) is 0 Å². The first-order chi connectivity index (χ1) is 9.31. The Morgan fingerprint density at radius 3 is 2.70 bits per heavy atom. The molecule has 0 aliphatic carbocycles. The van der Waals surface area contributed by atoms with Crippen molar-refractivity contribution < 1.29 is 13.2 Å². The van der Waals surface area contributed by atoms with Crippen molar-refractivity contribution in [3.8, 4) is 0 Å². The summed E-state index contributed by atoms with van der Waals surface area (Å²) < 4.78 is 32.5. The van der Waals surface area contributed by atoms with Gasteiger partial charge < -0.3 is 10.5 Å². The molecule has 0 aromatic heterocycles. The fraction of sp³-hybridized carbons (Fsp3) is 0.500. The molecule has 112 valence electrons. The minimum Gasteiger partial charge on any atom is -0.398 e. The molecule has 5 nitrogen and oxygen atoms in total. The van der Waals surface area contributed by atoms with Crippen LogP contribution in [0.4, 0.5) is 5.69 Å². The van der Waals surface area contributed by atoms with Gasteiger partial charge in [-0.05, 0) is 25.5 Å². The molecule has 1 aromatic carbocycles. The maximum absolute atomic E-state index is 12.3. The molecule has 1 saturated heterocycles. The highest BCUT2D eigenvalue weighted by atomic mass is 35.5. The number of nitrogens with one attached hydrogen (secondary N) is 1. The van der Waals surface area contributed by atoms with Gasteiger partial charge in [-0.2, -0.15) is 0 Å². The zero-order valence-electron chi connectivity index (χ0n) is 10.9. The first-order valence-electron chi connectivity index (χ1n) is 6.17. The maximum atomic E-state index is 12.3. The van der Waals surface area contributed by atoms with E-state index in [4.69, 9.17) is 33.7 Å². The molecular weight excluding hydrogens is 323 g/mol. The molecule has 1 aliphatic rings. The van der Waals surface area contributed by atoms with Crippen molar-refractivity contribution in [2.45, 2.75) is 24.3 Å². The average molecular weight is 339 g/mol. The Morgan fingerprint density at radius 2 is 2.15 bits per heavy atom. The van der Waals surface area contributed by atoms with Crippen LogP contribution in [0.3, 0.4) is 0 Å². The monoisotopic (exact) mass is 338 g/mol. The zero-order chi connectivity index (χ0) is 14.9. The third-order valence-electron chi connectivity index (χ3n) is 3.37. The standard InChI is InChI=1S/C12H16Cl2N2O3S/c1-7-8(2-3-19-7)6-16-20(17,18)12-10(14)4-9(13)5-11(12)15/h4-5,7-8,16H,2-3,6,15H2,1H3. The fourth-order valence-corrected chi connectivity index (χ4v) is 4.27. The number of benzene rings is 1. The van der Waals surface area contributed by atoms with E-state index in [1.807, 2.05) is 6.92 Å². The minimum atomic E-state index is -3.77. The number of rotatable bonds is 4. The third-order valence-corrected chi connectivity index (χ3v) is 5.54. The fourth-order valence-electron chi connectivity index (χ4n) is 2.20. The van der Waals surface area contributed by atoms with Crippen LogP contribution in [0.5, 0.6) is 0 Å². The van der Waals surface area contributed by atoms with Crippen molar-refractivity contribution >= 4 is 38.9 Å². The van der Waals surface area contributed by atoms with Crippen LogP contribution in [0, 0.1) is 5.92 Å². The van der Waals surface area contributed by atoms with Gasteiger partial charge in [-0.1, -0.05) is 23.2 Å². The summed E-state index contributed by atoms with van der Waals surface area (Å²) in [6, 6.07) is 2.72. The predicted octanol–water partition coefficient (Wildman–Crippen LogP) is 2.28. The van der Waals surface area contributed by atoms with Crippen LogP contribution in [0.2, 0.25) is 10.0 Å². The number of ether oxygens (including phenoxy) is 1. The Kier molecular flexibility index (Phi) is 4.81. The van der Waals surface area contributed by atoms with Gasteiger partial charge in [0.2, 0.25) is 10.0 Å². The van der Waals surface area contributed by atoms with E-state index >= 15 is 0 Å². The van der Waals surface area contributed by atoms with Crippen LogP contribution in [0.15, 0.2) is 17.0 Å². The molecule has 0 radical (unpaired) electrons. The molecule has 3 N–H and O–H groups in total. The second-order valence-corrected chi connectivity index (χ2v) is 7.33. The summed E-state index contributed by atoms with van der Waals surface area (Å²) in [5, 5.41) is 0.308. The summed E-state index contributed by atoms with van der Waals surface area (Å²) in [4.78, 5) is -0.130. The third kappa shape index (κ3) is 3.38. The summed E-state index contributed by atoms with van der Waals surface area (Å²) in [6.45, 7) is 2.87. The number of anilines is 1. The van der Waals surface area contributed by atoms with E-state index in [-0.39, 0.29) is 27.6 Å². The van der Waals surface area contributed by atoms with E-state index < -0.39 is 10.0 Å². The number of sulfonamides is 1. The van der Waals surface area contributed by atoms with E-state index in [1.165, 1.54) is 12.1 Å². The quantitative estimate of drug-likeness (QED) is 0.825. The van der Waals surface area contributed by atoms with Crippen LogP contribution in [-0.2, 0) is 14.8 Å². The zero-order valence-corrected chi connectivity index (χ0v) is 13.2. The van der Waals surface area contributed by atoms with Gasteiger partial charge >= 0.3 is 0 Å². The molecule has 1 aromatic rings. The molecule has 8 heteroatoms. The number of hydrogen-bond donors (Lipinski definition) is 2. The Labute approximate surface area is 128 Å². The summed E-state index contributed by atoms with van der Waals surface area (Å²) in [5.41, 5.74) is 5.74. The van der Waals surface area contributed by atoms with Crippen LogP contribution < -0.4 is 10.5 Å². The van der Waals surface area contributed by atoms with Gasteiger partial charge in [0, 0.05) is 24.1 Å². The molecule has 0 spiro atoms. The van der Waals surface area contributed by atoms with Gasteiger partial charge in [0.25, 0.3) is 0 Å². The molecule has 2 unspecified atom stereocenters. The Morgan fingerprint density at radius 1 is 1.45 bits per heavy atom. The summed E-state index contributed by atoms with van der Waals surface area (Å²) >= 11 is 11.7. The largest absolute Gasteiger partial charge is 0.398 e. The van der Waals surface area contributed by atoms with E-state index in [9.17, 15) is 8.42 Å². The maximum Gasteiger partial charge on any atom is 0.244 e. The molecule has 0 amide bonds. The second kappa shape index (κ2) is 6.07. The van der Waals surface area contributed by atoms with Gasteiger partial charge in [0.05, 0.1) is 16.8 Å². The van der Waals surface area contributed by atoms with Gasteiger partial charge in [0.1, 0.15) is 4.90 Å². The second-order valence-electron chi connectivity index (χ2n) is 4.78. The van der Waals surface area contributed by atoms with Crippen LogP contribution >= 0.6 is 23.2 Å². The summed E-state index contributed by atoms with van der Waals surface area (Å²) in [5.74, 6) is 0.150. The van der Waals surface area contributed by atoms with Crippen molar-refractivity contribution in [1.29, 1.82) is 0 Å². The Hall–Kier alpha value is -0.530. The molecule has 20 heavy (non-hydrogen) atoms. The number of nitrogens with two attached hydrogens (primary N) is 1. The van der Waals surface area contributed by atoms with Crippen molar-refractivity contribution in [1.82, 2.24) is 4.72 Å². The minimum absolute atomic E-state index is 0.0122. The van der Waals surface area contributed by atoms with Crippen molar-refractivity contribution in [3.05, 3.63) is 22.2 Å². The number of nitrogen functional groups attached to an aromatic ring is 1. The Balaban J connectivity index is 2.18. The van der Waals surface area contributed by atoms with Crippen LogP contribution in [0.1, 0.15) is 13.3 Å². The molecule has 1 aliphatic heterocycles. The highest BCUT2D eigenvalue weighted by Gasteiger charge is 2.28. The lowest BCUT2D eigenvalue weighted by molar-refractivity contribution is 0.107. The van der Waals surface area contributed by atoms with E-state index in [1.54, 1.807) is 0 Å². The summed E-state index contributed by atoms with van der Waals surface area (Å²) in [7, 11) is -3.77. The lowest BCUT2D eigenvalue weighted by atomic mass is 10.0. The topological polar surface area (TPSA) is 81.4 Å². The molecule has 0 bridgehead atoms. The molecule has 0 saturated carbocycles. The van der Waals surface area contributed by atoms with Crippen LogP contribution in [-0.4, -0.2) is 27.7 Å². The highest BCUT2D eigenvalue weighted by Crippen LogP contribution is 2.31. The first-order valence-corrected chi connectivity index (χ1v) is 8.41. The van der Waals surface area contributed by atoms with Gasteiger partial charge in [-0.3, -0.25) is 0 Å². The van der Waals surface area contributed by atoms with E-state index in [0.717, 1.165) is 6.42 Å². The molecule has 2 rings (SSSR count). The van der Waals surface area contributed by atoms with Crippen molar-refractivity contribution in [2.75, 3.05) is 18.9 Å². The molecule has 2 atom stereocenters. The normalized spacial score (nSPS) is 23.1. The number of halogens is 2. The lowest BCUT2D eigenvalue weighted by Gasteiger charge is -2.16. The Bertz CT molecular complexity index is 584. The first kappa shape index (κ1) is 15.9. The van der Waals surface area contributed by atoms with Crippen molar-refractivity contribution in [2.24, 2.45) is 5.92 Å². The van der Waals surface area contributed by atoms with Gasteiger partial charge in [-0.25, -0.2) is 13.1 Å². The average Bonchev–Trinajstić information content (AvgIpc) is 2.70. The molecular formula is C12H16Cl2N2O3S. The lowest BCUT2D eigenvalue weighted by Crippen LogP contribution is -2.32. The molecule has 1 fully saturated rings. The smallest absolute Gasteiger partial charge is 0.244 e. The SMILES string of the molecule is CC1OCCC1CNS(=O)(=O)c1c(N)cc(Cl)cc1Cl. The number of hydrogen-bond acceptors (Lipinski definition) is 4. The highest BCUT2D eigenvalue weighted by molar-refractivity contribution is 7.89. The predicted molar refractivity (Wildman–Crippen MR) is 79.6 cm³/mol. The summed E-state index contributed by atoms with van der Waals surface area (Å²) in [6.07, 6.45) is 0.865. The van der Waals surface area contributed by atoms with Crippen molar-refractivity contribution in [3.63, 3.8) is 0 Å². The van der Waals surface area contributed by atoms with E-state index in [2.05, 4.69) is 4.72 Å². The van der Waals surface area contributed by atoms with Crippen LogP contribution in [0.25, 0.3) is 0 Å². The van der Waals surface area contributed by atoms with E-state index in [0.29, 0.717) is 18.2 Å². The van der Waals surface area contributed by atoms with Gasteiger partial charge in [0.15, 0.2) is 0 Å². The molecule has 1 heterocycles.